The van der Waals surface area contributed by atoms with E-state index in [1.165, 1.54) is 6.07 Å². The molecule has 2 amide bonds. The molecule has 7 heteroatoms. The van der Waals surface area contributed by atoms with Gasteiger partial charge in [-0.25, -0.2) is 4.39 Å². The number of rotatable bonds is 2. The Morgan fingerprint density at radius 3 is 2.54 bits per heavy atom. The molecule has 24 heavy (non-hydrogen) atoms. The van der Waals surface area contributed by atoms with E-state index >= 15 is 0 Å². The third-order valence-corrected chi connectivity index (χ3v) is 4.70. The number of anilines is 1. The van der Waals surface area contributed by atoms with Gasteiger partial charge in [0.1, 0.15) is 5.82 Å². The summed E-state index contributed by atoms with van der Waals surface area (Å²) in [6.45, 7) is 2.55. The molecule has 1 aromatic carbocycles. The molecule has 0 saturated carbocycles. The van der Waals surface area contributed by atoms with E-state index in [-0.39, 0.29) is 24.2 Å². The maximum Gasteiger partial charge on any atom is 0.228 e. The molecule has 3 rings (SSSR count). The average molecular weight is 330 g/mol. The molecule has 2 saturated heterocycles. The van der Waals surface area contributed by atoms with Crippen molar-refractivity contribution in [3.63, 3.8) is 0 Å². The number of benzene rings is 1. The van der Waals surface area contributed by atoms with Gasteiger partial charge in [0.15, 0.2) is 0 Å². The van der Waals surface area contributed by atoms with E-state index in [1.807, 2.05) is 11.0 Å². The molecule has 2 heterocycles. The summed E-state index contributed by atoms with van der Waals surface area (Å²) in [4.78, 5) is 29.3. The van der Waals surface area contributed by atoms with Crippen molar-refractivity contribution < 1.29 is 14.0 Å². The first-order valence-corrected chi connectivity index (χ1v) is 7.97. The number of nitrogens with zero attached hydrogens (tertiary/aromatic N) is 4. The summed E-state index contributed by atoms with van der Waals surface area (Å²) >= 11 is 0. The van der Waals surface area contributed by atoms with E-state index in [1.54, 1.807) is 29.0 Å². The predicted molar refractivity (Wildman–Crippen MR) is 85.7 cm³/mol. The number of nitriles is 1. The Kier molecular flexibility index (Phi) is 4.38. The first-order chi connectivity index (χ1) is 11.5. The Morgan fingerprint density at radius 2 is 2.00 bits per heavy atom. The minimum atomic E-state index is -0.420. The van der Waals surface area contributed by atoms with Crippen LogP contribution in [0, 0.1) is 23.1 Å². The van der Waals surface area contributed by atoms with Gasteiger partial charge in [-0.2, -0.15) is 5.26 Å². The van der Waals surface area contributed by atoms with Crippen LogP contribution >= 0.6 is 0 Å². The minimum absolute atomic E-state index is 0.00615. The van der Waals surface area contributed by atoms with Crippen LogP contribution in [0.5, 0.6) is 0 Å². The number of piperazine rings is 1. The number of likely N-dealkylation sites (tertiary alicyclic amines) is 1. The fraction of sp³-hybridized carbons (Fsp3) is 0.471. The SMILES string of the molecule is CN1CC(C(=O)N2CCN(c3ccc(C#N)cc3F)CC2)CC1=O. The van der Waals surface area contributed by atoms with Crippen molar-refractivity contribution in [2.24, 2.45) is 5.92 Å². The van der Waals surface area contributed by atoms with Gasteiger partial charge in [-0.15, -0.1) is 0 Å². The molecule has 126 valence electrons. The molecule has 0 aromatic heterocycles. The maximum absolute atomic E-state index is 14.1. The van der Waals surface area contributed by atoms with Gasteiger partial charge in [-0.1, -0.05) is 0 Å². The van der Waals surface area contributed by atoms with Crippen molar-refractivity contribution in [2.45, 2.75) is 6.42 Å². The van der Waals surface area contributed by atoms with Crippen LogP contribution in [0.15, 0.2) is 18.2 Å². The Hall–Kier alpha value is -2.62. The highest BCUT2D eigenvalue weighted by Gasteiger charge is 2.35. The molecule has 6 nitrogen and oxygen atoms in total. The van der Waals surface area contributed by atoms with E-state index in [4.69, 9.17) is 5.26 Å². The zero-order valence-corrected chi connectivity index (χ0v) is 13.5. The number of hydrogen-bond donors (Lipinski definition) is 0. The van der Waals surface area contributed by atoms with Gasteiger partial charge in [-0.05, 0) is 18.2 Å². The quantitative estimate of drug-likeness (QED) is 0.805. The Bertz CT molecular complexity index is 707. The van der Waals surface area contributed by atoms with Crippen LogP contribution in [0.25, 0.3) is 0 Å². The lowest BCUT2D eigenvalue weighted by Crippen LogP contribution is -2.50. The van der Waals surface area contributed by atoms with Gasteiger partial charge in [-0.3, -0.25) is 9.59 Å². The lowest BCUT2D eigenvalue weighted by atomic mass is 10.1. The van der Waals surface area contributed by atoms with Crippen LogP contribution in [0.1, 0.15) is 12.0 Å². The summed E-state index contributed by atoms with van der Waals surface area (Å²) in [5.74, 6) is -0.670. The lowest BCUT2D eigenvalue weighted by Gasteiger charge is -2.37. The van der Waals surface area contributed by atoms with Crippen LogP contribution in [0.4, 0.5) is 10.1 Å². The molecular formula is C17H19FN4O2. The monoisotopic (exact) mass is 330 g/mol. The molecular weight excluding hydrogens is 311 g/mol. The number of amides is 2. The van der Waals surface area contributed by atoms with E-state index in [9.17, 15) is 14.0 Å². The topological polar surface area (TPSA) is 67.7 Å². The summed E-state index contributed by atoms with van der Waals surface area (Å²) in [5.41, 5.74) is 0.747. The molecule has 0 radical (unpaired) electrons. The zero-order valence-electron chi connectivity index (χ0n) is 13.5. The van der Waals surface area contributed by atoms with Crippen molar-refractivity contribution in [1.29, 1.82) is 5.26 Å². The standard InChI is InChI=1S/C17H19FN4O2/c1-20-11-13(9-16(20)23)17(24)22-6-4-21(5-7-22)15-3-2-12(10-19)8-14(15)18/h2-3,8,13H,4-7,9,11H2,1H3. The van der Waals surface area contributed by atoms with Crippen LogP contribution in [-0.2, 0) is 9.59 Å². The van der Waals surface area contributed by atoms with E-state index < -0.39 is 5.82 Å². The molecule has 0 N–H and O–H groups in total. The van der Waals surface area contributed by atoms with E-state index in [0.717, 1.165) is 0 Å². The van der Waals surface area contributed by atoms with Crippen LogP contribution < -0.4 is 4.90 Å². The van der Waals surface area contributed by atoms with Crippen LogP contribution in [0.2, 0.25) is 0 Å². The molecule has 1 aromatic rings. The van der Waals surface area contributed by atoms with E-state index in [0.29, 0.717) is 44.0 Å². The van der Waals surface area contributed by atoms with Crippen molar-refractivity contribution in [1.82, 2.24) is 9.80 Å². The van der Waals surface area contributed by atoms with E-state index in [2.05, 4.69) is 0 Å². The Labute approximate surface area is 140 Å². The first kappa shape index (κ1) is 16.2. The molecule has 0 spiro atoms. The maximum atomic E-state index is 14.1. The molecule has 2 fully saturated rings. The summed E-state index contributed by atoms with van der Waals surface area (Å²) in [6, 6.07) is 6.34. The molecule has 0 bridgehead atoms. The van der Waals surface area contributed by atoms with Gasteiger partial charge in [0.2, 0.25) is 11.8 Å². The summed E-state index contributed by atoms with van der Waals surface area (Å²) < 4.78 is 14.1. The third-order valence-electron chi connectivity index (χ3n) is 4.70. The van der Waals surface area contributed by atoms with Gasteiger partial charge < -0.3 is 14.7 Å². The fourth-order valence-corrected chi connectivity index (χ4v) is 3.29. The summed E-state index contributed by atoms with van der Waals surface area (Å²) in [7, 11) is 1.71. The van der Waals surface area contributed by atoms with Crippen molar-refractivity contribution in [3.05, 3.63) is 29.6 Å². The van der Waals surface area contributed by atoms with Crippen LogP contribution in [-0.4, -0.2) is 61.4 Å². The number of carbonyl (C=O) groups excluding carboxylic acids is 2. The molecule has 1 atom stereocenters. The highest BCUT2D eigenvalue weighted by Crippen LogP contribution is 2.24. The van der Waals surface area contributed by atoms with Crippen molar-refractivity contribution >= 4 is 17.5 Å². The number of carbonyl (C=O) groups is 2. The van der Waals surface area contributed by atoms with Crippen molar-refractivity contribution in [3.8, 4) is 6.07 Å². The second kappa shape index (κ2) is 6.48. The molecule has 2 aliphatic heterocycles. The van der Waals surface area contributed by atoms with Gasteiger partial charge in [0.25, 0.3) is 0 Å². The Balaban J connectivity index is 1.61. The summed E-state index contributed by atoms with van der Waals surface area (Å²) in [6.07, 6.45) is 0.278. The minimum Gasteiger partial charge on any atom is -0.366 e. The van der Waals surface area contributed by atoms with Gasteiger partial charge >= 0.3 is 0 Å². The van der Waals surface area contributed by atoms with Crippen LogP contribution in [0.3, 0.4) is 0 Å². The molecule has 0 aliphatic carbocycles. The normalized spacial score (nSPS) is 21.1. The highest BCUT2D eigenvalue weighted by molar-refractivity contribution is 5.89. The smallest absolute Gasteiger partial charge is 0.228 e. The number of hydrogen-bond acceptors (Lipinski definition) is 4. The second-order valence-corrected chi connectivity index (χ2v) is 6.27. The fourth-order valence-electron chi connectivity index (χ4n) is 3.29. The highest BCUT2D eigenvalue weighted by atomic mass is 19.1. The van der Waals surface area contributed by atoms with Gasteiger partial charge in [0, 0.05) is 46.2 Å². The lowest BCUT2D eigenvalue weighted by molar-refractivity contribution is -0.136. The zero-order chi connectivity index (χ0) is 17.3. The second-order valence-electron chi connectivity index (χ2n) is 6.27. The number of halogens is 1. The first-order valence-electron chi connectivity index (χ1n) is 7.97. The average Bonchev–Trinajstić information content (AvgIpc) is 2.93. The third kappa shape index (κ3) is 3.04. The van der Waals surface area contributed by atoms with Crippen molar-refractivity contribution in [2.75, 3.05) is 44.7 Å². The molecule has 1 unspecified atom stereocenters. The molecule has 2 aliphatic rings. The largest absolute Gasteiger partial charge is 0.366 e. The predicted octanol–water partition coefficient (Wildman–Crippen LogP) is 0.824. The Morgan fingerprint density at radius 1 is 1.29 bits per heavy atom. The van der Waals surface area contributed by atoms with Gasteiger partial charge in [0.05, 0.1) is 23.2 Å². The summed E-state index contributed by atoms with van der Waals surface area (Å²) in [5, 5.41) is 8.80.